The summed E-state index contributed by atoms with van der Waals surface area (Å²) in [7, 11) is 0. The predicted molar refractivity (Wildman–Crippen MR) is 91.9 cm³/mol. The molecule has 3 heterocycles. The molecule has 128 valence electrons. The third-order valence-electron chi connectivity index (χ3n) is 4.23. The Morgan fingerprint density at radius 1 is 1.21 bits per heavy atom. The standard InChI is InChI=1S/C16H21ClN6O/c1-12(2)15(23-11-18-10-20-23)16(24)22-7-5-21(6-8-22)14-4-3-13(17)9-19-14/h3-4,9-12,15H,5-8H2,1-2H3/t15-/m0/s1. The Kier molecular flexibility index (Phi) is 4.99. The van der Waals surface area contributed by atoms with Gasteiger partial charge in [-0.2, -0.15) is 5.10 Å². The molecule has 0 saturated carbocycles. The number of hydrogen-bond donors (Lipinski definition) is 0. The fourth-order valence-corrected chi connectivity index (χ4v) is 3.07. The van der Waals surface area contributed by atoms with Crippen molar-refractivity contribution in [1.29, 1.82) is 0 Å². The van der Waals surface area contributed by atoms with Gasteiger partial charge >= 0.3 is 0 Å². The fraction of sp³-hybridized carbons (Fsp3) is 0.500. The molecule has 0 radical (unpaired) electrons. The van der Waals surface area contributed by atoms with Gasteiger partial charge in [0, 0.05) is 32.4 Å². The maximum Gasteiger partial charge on any atom is 0.247 e. The van der Waals surface area contributed by atoms with Gasteiger partial charge in [-0.25, -0.2) is 14.6 Å². The molecule has 0 unspecified atom stereocenters. The molecule has 1 fully saturated rings. The van der Waals surface area contributed by atoms with Crippen LogP contribution in [0.25, 0.3) is 0 Å². The highest BCUT2D eigenvalue weighted by atomic mass is 35.5. The molecule has 3 rings (SSSR count). The molecule has 1 saturated heterocycles. The van der Waals surface area contributed by atoms with Crippen molar-refractivity contribution < 1.29 is 4.79 Å². The second kappa shape index (κ2) is 7.17. The van der Waals surface area contributed by atoms with Crippen molar-refractivity contribution in [2.24, 2.45) is 5.92 Å². The van der Waals surface area contributed by atoms with E-state index in [1.165, 1.54) is 6.33 Å². The van der Waals surface area contributed by atoms with Gasteiger partial charge in [-0.1, -0.05) is 25.4 Å². The van der Waals surface area contributed by atoms with Crippen LogP contribution < -0.4 is 4.90 Å². The van der Waals surface area contributed by atoms with Gasteiger partial charge in [0.1, 0.15) is 24.5 Å². The summed E-state index contributed by atoms with van der Waals surface area (Å²) < 4.78 is 1.65. The van der Waals surface area contributed by atoms with Crippen LogP contribution in [0.2, 0.25) is 5.02 Å². The lowest BCUT2D eigenvalue weighted by Crippen LogP contribution is -2.51. The van der Waals surface area contributed by atoms with Gasteiger partial charge < -0.3 is 9.80 Å². The first-order chi connectivity index (χ1) is 11.6. The van der Waals surface area contributed by atoms with Crippen LogP contribution in [0.15, 0.2) is 31.0 Å². The Morgan fingerprint density at radius 2 is 1.96 bits per heavy atom. The minimum absolute atomic E-state index is 0.0965. The summed E-state index contributed by atoms with van der Waals surface area (Å²) in [5.41, 5.74) is 0. The summed E-state index contributed by atoms with van der Waals surface area (Å²) in [6.45, 7) is 6.89. The van der Waals surface area contributed by atoms with Gasteiger partial charge in [-0.05, 0) is 18.1 Å². The highest BCUT2D eigenvalue weighted by Gasteiger charge is 2.31. The zero-order valence-electron chi connectivity index (χ0n) is 13.8. The van der Waals surface area contributed by atoms with E-state index in [0.29, 0.717) is 18.1 Å². The van der Waals surface area contributed by atoms with Crippen LogP contribution in [0, 0.1) is 5.92 Å². The van der Waals surface area contributed by atoms with E-state index in [4.69, 9.17) is 11.6 Å². The number of hydrogen-bond acceptors (Lipinski definition) is 5. The van der Waals surface area contributed by atoms with E-state index in [1.807, 2.05) is 30.9 Å². The molecule has 1 amide bonds. The summed E-state index contributed by atoms with van der Waals surface area (Å²) in [6, 6.07) is 3.43. The average molecular weight is 349 g/mol. The highest BCUT2D eigenvalue weighted by Crippen LogP contribution is 2.22. The third-order valence-corrected chi connectivity index (χ3v) is 4.46. The average Bonchev–Trinajstić information content (AvgIpc) is 3.09. The maximum atomic E-state index is 12.9. The van der Waals surface area contributed by atoms with E-state index in [1.54, 1.807) is 17.2 Å². The second-order valence-corrected chi connectivity index (χ2v) is 6.65. The molecular weight excluding hydrogens is 328 g/mol. The number of anilines is 1. The molecule has 1 atom stereocenters. The van der Waals surface area contributed by atoms with Gasteiger partial charge in [0.15, 0.2) is 0 Å². The first kappa shape index (κ1) is 16.7. The minimum Gasteiger partial charge on any atom is -0.353 e. The Hall–Kier alpha value is -2.15. The largest absolute Gasteiger partial charge is 0.353 e. The molecule has 0 spiro atoms. The van der Waals surface area contributed by atoms with Crippen molar-refractivity contribution in [2.75, 3.05) is 31.1 Å². The van der Waals surface area contributed by atoms with E-state index in [-0.39, 0.29) is 17.9 Å². The molecule has 1 aliphatic heterocycles. The molecule has 2 aromatic heterocycles. The third kappa shape index (κ3) is 3.51. The lowest BCUT2D eigenvalue weighted by molar-refractivity contribution is -0.136. The van der Waals surface area contributed by atoms with E-state index < -0.39 is 0 Å². The number of piperazine rings is 1. The van der Waals surface area contributed by atoms with E-state index in [0.717, 1.165) is 18.9 Å². The quantitative estimate of drug-likeness (QED) is 0.843. The smallest absolute Gasteiger partial charge is 0.247 e. The van der Waals surface area contributed by atoms with E-state index >= 15 is 0 Å². The van der Waals surface area contributed by atoms with Crippen molar-refractivity contribution in [3.63, 3.8) is 0 Å². The molecule has 0 aliphatic carbocycles. The van der Waals surface area contributed by atoms with Crippen LogP contribution >= 0.6 is 11.6 Å². The zero-order valence-corrected chi connectivity index (χ0v) is 14.6. The van der Waals surface area contributed by atoms with Crippen LogP contribution in [-0.2, 0) is 4.79 Å². The van der Waals surface area contributed by atoms with Crippen molar-refractivity contribution >= 4 is 23.3 Å². The van der Waals surface area contributed by atoms with E-state index in [9.17, 15) is 4.79 Å². The maximum absolute atomic E-state index is 12.9. The molecule has 8 heteroatoms. The summed E-state index contributed by atoms with van der Waals surface area (Å²) in [5, 5.41) is 4.77. The zero-order chi connectivity index (χ0) is 17.1. The first-order valence-electron chi connectivity index (χ1n) is 8.05. The van der Waals surface area contributed by atoms with Gasteiger partial charge in [-0.15, -0.1) is 0 Å². The number of carbonyl (C=O) groups is 1. The van der Waals surface area contributed by atoms with Crippen LogP contribution in [0.5, 0.6) is 0 Å². The Bertz CT molecular complexity index is 664. The number of halogens is 1. The van der Waals surface area contributed by atoms with Gasteiger partial charge in [-0.3, -0.25) is 4.79 Å². The molecule has 24 heavy (non-hydrogen) atoms. The first-order valence-corrected chi connectivity index (χ1v) is 8.43. The molecule has 0 bridgehead atoms. The summed E-state index contributed by atoms with van der Waals surface area (Å²) in [5.74, 6) is 1.14. The van der Waals surface area contributed by atoms with Crippen LogP contribution in [0.4, 0.5) is 5.82 Å². The van der Waals surface area contributed by atoms with Crippen molar-refractivity contribution in [3.8, 4) is 0 Å². The van der Waals surface area contributed by atoms with Gasteiger partial charge in [0.25, 0.3) is 0 Å². The monoisotopic (exact) mass is 348 g/mol. The predicted octanol–water partition coefficient (Wildman–Crippen LogP) is 1.87. The van der Waals surface area contributed by atoms with Gasteiger partial charge in [0.2, 0.25) is 5.91 Å². The fourth-order valence-electron chi connectivity index (χ4n) is 2.96. The topological polar surface area (TPSA) is 67.2 Å². The number of nitrogens with zero attached hydrogens (tertiary/aromatic N) is 6. The Balaban J connectivity index is 1.65. The summed E-state index contributed by atoms with van der Waals surface area (Å²) in [6.07, 6.45) is 4.72. The van der Waals surface area contributed by atoms with Crippen LogP contribution in [0.1, 0.15) is 19.9 Å². The normalized spacial score (nSPS) is 16.5. The Morgan fingerprint density at radius 3 is 2.50 bits per heavy atom. The lowest BCUT2D eigenvalue weighted by Gasteiger charge is -2.37. The molecule has 2 aromatic rings. The summed E-state index contributed by atoms with van der Waals surface area (Å²) in [4.78, 5) is 25.3. The summed E-state index contributed by atoms with van der Waals surface area (Å²) >= 11 is 5.88. The van der Waals surface area contributed by atoms with E-state index in [2.05, 4.69) is 20.0 Å². The number of pyridine rings is 1. The van der Waals surface area contributed by atoms with Crippen molar-refractivity contribution in [2.45, 2.75) is 19.9 Å². The van der Waals surface area contributed by atoms with Crippen molar-refractivity contribution in [3.05, 3.63) is 36.0 Å². The van der Waals surface area contributed by atoms with Crippen LogP contribution in [-0.4, -0.2) is 56.7 Å². The lowest BCUT2D eigenvalue weighted by atomic mass is 10.0. The number of amides is 1. The van der Waals surface area contributed by atoms with Crippen molar-refractivity contribution in [1.82, 2.24) is 24.6 Å². The molecular formula is C16H21ClN6O. The molecule has 0 N–H and O–H groups in total. The highest BCUT2D eigenvalue weighted by molar-refractivity contribution is 6.30. The minimum atomic E-state index is -0.312. The van der Waals surface area contributed by atoms with Crippen LogP contribution in [0.3, 0.4) is 0 Å². The number of aromatic nitrogens is 4. The number of carbonyl (C=O) groups excluding carboxylic acids is 1. The molecule has 1 aliphatic rings. The van der Waals surface area contributed by atoms with Gasteiger partial charge in [0.05, 0.1) is 5.02 Å². The number of rotatable bonds is 4. The molecule has 0 aromatic carbocycles. The second-order valence-electron chi connectivity index (χ2n) is 6.21. The Labute approximate surface area is 146 Å². The molecule has 7 nitrogen and oxygen atoms in total. The SMILES string of the molecule is CC(C)[C@@H](C(=O)N1CCN(c2ccc(Cl)cn2)CC1)n1cncn1.